The number of benzene rings is 2. The number of ether oxygens (including phenoxy) is 1. The van der Waals surface area contributed by atoms with Gasteiger partial charge in [-0.25, -0.2) is 4.99 Å². The summed E-state index contributed by atoms with van der Waals surface area (Å²) in [6, 6.07) is 9.40. The number of carbonyl (C=O) groups excluding carboxylic acids is 1. The highest BCUT2D eigenvalue weighted by atomic mass is 127. The molecule has 0 unspecified atom stereocenters. The minimum Gasteiger partial charge on any atom is -0.479 e. The number of aliphatic imine (C=N–C) groups is 1. The first-order chi connectivity index (χ1) is 14.3. The van der Waals surface area contributed by atoms with Crippen LogP contribution in [-0.4, -0.2) is 29.1 Å². The number of terminal acetylenes is 1. The van der Waals surface area contributed by atoms with E-state index in [1.807, 2.05) is 37.3 Å². The molecule has 0 N–H and O–H groups in total. The molecule has 2 aromatic rings. The summed E-state index contributed by atoms with van der Waals surface area (Å²) >= 11 is 15.3. The van der Waals surface area contributed by atoms with Crippen molar-refractivity contribution in [2.75, 3.05) is 13.2 Å². The van der Waals surface area contributed by atoms with Crippen LogP contribution in [0.25, 0.3) is 6.08 Å². The number of nitrogens with zero attached hydrogens (tertiary/aromatic N) is 2. The SMILES string of the molecule is C#CCOc1c(I)cc(I)cc1/C=C1/SC(=Nc2ccc(Br)c(Cl)c2)N(CC)C1=O. The highest BCUT2D eigenvalue weighted by Crippen LogP contribution is 2.38. The first kappa shape index (κ1) is 23.9. The van der Waals surface area contributed by atoms with Crippen molar-refractivity contribution in [3.8, 4) is 18.1 Å². The molecule has 0 bridgehead atoms. The summed E-state index contributed by atoms with van der Waals surface area (Å²) in [6.07, 6.45) is 7.19. The summed E-state index contributed by atoms with van der Waals surface area (Å²) in [4.78, 5) is 19.9. The van der Waals surface area contributed by atoms with Gasteiger partial charge in [-0.2, -0.15) is 0 Å². The number of hydrogen-bond acceptors (Lipinski definition) is 4. The van der Waals surface area contributed by atoms with Crippen LogP contribution in [0.1, 0.15) is 12.5 Å². The second kappa shape index (κ2) is 10.7. The molecule has 1 heterocycles. The standard InChI is InChI=1S/C21H14BrClI2N2O2S/c1-3-7-29-19-12(8-13(24)10-17(19)25)9-18-20(28)27(4-2)21(30-18)26-14-5-6-15(22)16(23)11-14/h1,5-6,8-11H,4,7H2,2H3/b18-9+,26-21?. The molecule has 30 heavy (non-hydrogen) atoms. The van der Waals surface area contributed by atoms with Crippen molar-refractivity contribution >= 4 is 107 Å². The number of thioether (sulfide) groups is 1. The van der Waals surface area contributed by atoms with Crippen molar-refractivity contribution in [3.63, 3.8) is 0 Å². The molecule has 0 radical (unpaired) electrons. The fraction of sp³-hybridized carbons (Fsp3) is 0.143. The molecular weight excluding hydrogens is 713 g/mol. The largest absolute Gasteiger partial charge is 0.479 e. The monoisotopic (exact) mass is 726 g/mol. The summed E-state index contributed by atoms with van der Waals surface area (Å²) in [5, 5.41) is 1.17. The molecule has 3 rings (SSSR count). The van der Waals surface area contributed by atoms with Gasteiger partial charge in [0.1, 0.15) is 12.4 Å². The molecular formula is C21H14BrClI2N2O2S. The molecule has 1 saturated heterocycles. The molecule has 1 amide bonds. The lowest BCUT2D eigenvalue weighted by molar-refractivity contribution is -0.122. The van der Waals surface area contributed by atoms with Crippen molar-refractivity contribution < 1.29 is 9.53 Å². The maximum Gasteiger partial charge on any atom is 0.266 e. The normalized spacial score (nSPS) is 16.4. The third-order valence-corrected chi connectivity index (χ3v) is 7.62. The van der Waals surface area contributed by atoms with Crippen LogP contribution in [0.3, 0.4) is 0 Å². The zero-order valence-corrected chi connectivity index (χ0v) is 23.1. The van der Waals surface area contributed by atoms with Crippen LogP contribution in [0.4, 0.5) is 5.69 Å². The van der Waals surface area contributed by atoms with Gasteiger partial charge in [0.05, 0.1) is 19.2 Å². The lowest BCUT2D eigenvalue weighted by Gasteiger charge is -2.12. The maximum absolute atomic E-state index is 13.0. The fourth-order valence-corrected chi connectivity index (χ4v) is 6.15. The molecule has 154 valence electrons. The lowest BCUT2D eigenvalue weighted by atomic mass is 10.2. The van der Waals surface area contributed by atoms with E-state index in [2.05, 4.69) is 72.0 Å². The van der Waals surface area contributed by atoms with Gasteiger partial charge in [-0.1, -0.05) is 17.5 Å². The molecule has 0 saturated carbocycles. The average molecular weight is 728 g/mol. The zero-order chi connectivity index (χ0) is 21.8. The smallest absolute Gasteiger partial charge is 0.266 e. The second-order valence-corrected chi connectivity index (χ2v) is 10.6. The Morgan fingerprint density at radius 2 is 2.13 bits per heavy atom. The van der Waals surface area contributed by atoms with Gasteiger partial charge in [0, 0.05) is 20.2 Å². The van der Waals surface area contributed by atoms with E-state index in [0.717, 1.165) is 17.2 Å². The maximum atomic E-state index is 13.0. The zero-order valence-electron chi connectivity index (χ0n) is 15.6. The first-order valence-corrected chi connectivity index (χ1v) is 12.8. The van der Waals surface area contributed by atoms with Crippen molar-refractivity contribution in [3.05, 3.63) is 57.4 Å². The van der Waals surface area contributed by atoms with Gasteiger partial charge in [0.2, 0.25) is 0 Å². The second-order valence-electron chi connectivity index (χ2n) is 5.95. The summed E-state index contributed by atoms with van der Waals surface area (Å²) in [5.74, 6) is 3.06. The number of hydrogen-bond donors (Lipinski definition) is 0. The number of carbonyl (C=O) groups is 1. The summed E-state index contributed by atoms with van der Waals surface area (Å²) < 4.78 is 8.51. The number of rotatable bonds is 5. The van der Waals surface area contributed by atoms with E-state index < -0.39 is 0 Å². The Hall–Kier alpha value is -0.740. The lowest BCUT2D eigenvalue weighted by Crippen LogP contribution is -2.28. The van der Waals surface area contributed by atoms with Crippen molar-refractivity contribution in [1.29, 1.82) is 0 Å². The summed E-state index contributed by atoms with van der Waals surface area (Å²) in [6.45, 7) is 2.59. The van der Waals surface area contributed by atoms with E-state index in [9.17, 15) is 4.79 Å². The summed E-state index contributed by atoms with van der Waals surface area (Å²) in [5.41, 5.74) is 1.49. The van der Waals surface area contributed by atoms with Crippen molar-refractivity contribution in [1.82, 2.24) is 4.90 Å². The molecule has 9 heteroatoms. The highest BCUT2D eigenvalue weighted by Gasteiger charge is 2.32. The van der Waals surface area contributed by atoms with Crippen LogP contribution in [0.15, 0.2) is 44.7 Å². The van der Waals surface area contributed by atoms with Crippen LogP contribution >= 0.6 is 84.5 Å². The number of amidine groups is 1. The predicted molar refractivity (Wildman–Crippen MR) is 145 cm³/mol. The molecule has 0 aliphatic carbocycles. The Bertz CT molecular complexity index is 1110. The molecule has 0 atom stereocenters. The molecule has 1 fully saturated rings. The van der Waals surface area contributed by atoms with E-state index in [-0.39, 0.29) is 12.5 Å². The van der Waals surface area contributed by atoms with Gasteiger partial charge in [-0.15, -0.1) is 6.42 Å². The van der Waals surface area contributed by atoms with E-state index in [4.69, 9.17) is 22.8 Å². The van der Waals surface area contributed by atoms with Crippen LogP contribution in [0, 0.1) is 19.5 Å². The summed E-state index contributed by atoms with van der Waals surface area (Å²) in [7, 11) is 0. The minimum atomic E-state index is -0.0961. The Labute approximate surface area is 220 Å². The van der Waals surface area contributed by atoms with Crippen LogP contribution in [0.2, 0.25) is 5.02 Å². The molecule has 0 spiro atoms. The van der Waals surface area contributed by atoms with Gasteiger partial charge in [0.15, 0.2) is 5.17 Å². The first-order valence-electron chi connectivity index (χ1n) is 8.64. The van der Waals surface area contributed by atoms with Crippen LogP contribution in [-0.2, 0) is 4.79 Å². The van der Waals surface area contributed by atoms with Crippen LogP contribution < -0.4 is 4.74 Å². The topological polar surface area (TPSA) is 41.9 Å². The predicted octanol–water partition coefficient (Wildman–Crippen LogP) is 6.95. The van der Waals surface area contributed by atoms with Gasteiger partial charge >= 0.3 is 0 Å². The van der Waals surface area contributed by atoms with E-state index in [1.54, 1.807) is 11.0 Å². The van der Waals surface area contributed by atoms with Crippen molar-refractivity contribution in [2.45, 2.75) is 6.92 Å². The average Bonchev–Trinajstić information content (AvgIpc) is 2.98. The fourth-order valence-electron chi connectivity index (χ4n) is 2.63. The third kappa shape index (κ3) is 5.54. The Balaban J connectivity index is 2.01. The van der Waals surface area contributed by atoms with Gasteiger partial charge in [-0.05, 0) is 116 Å². The van der Waals surface area contributed by atoms with Crippen molar-refractivity contribution in [2.24, 2.45) is 4.99 Å². The van der Waals surface area contributed by atoms with E-state index in [1.165, 1.54) is 11.8 Å². The Morgan fingerprint density at radius 3 is 2.80 bits per heavy atom. The number of likely N-dealkylation sites (N-methyl/N-ethyl adjacent to an activating group) is 1. The van der Waals surface area contributed by atoms with Crippen LogP contribution in [0.5, 0.6) is 5.75 Å². The van der Waals surface area contributed by atoms with Gasteiger partial charge < -0.3 is 4.74 Å². The van der Waals surface area contributed by atoms with Gasteiger partial charge in [-0.3, -0.25) is 9.69 Å². The molecule has 2 aromatic carbocycles. The minimum absolute atomic E-state index is 0.0961. The van der Waals surface area contributed by atoms with E-state index in [0.29, 0.717) is 33.1 Å². The van der Waals surface area contributed by atoms with E-state index >= 15 is 0 Å². The molecule has 0 aromatic heterocycles. The molecule has 1 aliphatic rings. The highest BCUT2D eigenvalue weighted by molar-refractivity contribution is 14.1. The Morgan fingerprint density at radius 1 is 1.37 bits per heavy atom. The Kier molecular flexibility index (Phi) is 8.55. The third-order valence-electron chi connectivity index (χ3n) is 3.96. The molecule has 1 aliphatic heterocycles. The number of halogens is 4. The van der Waals surface area contributed by atoms with Gasteiger partial charge in [0.25, 0.3) is 5.91 Å². The quantitative estimate of drug-likeness (QED) is 0.191. The number of amides is 1. The molecule has 4 nitrogen and oxygen atoms in total.